The van der Waals surface area contributed by atoms with Gasteiger partial charge in [0.15, 0.2) is 0 Å². The molecule has 0 aliphatic carbocycles. The Bertz CT molecular complexity index is 959. The zero-order chi connectivity index (χ0) is 24.3. The van der Waals surface area contributed by atoms with Gasteiger partial charge in [0.1, 0.15) is 17.0 Å². The Morgan fingerprint density at radius 3 is 2.09 bits per heavy atom. The van der Waals surface area contributed by atoms with Crippen molar-refractivity contribution in [3.05, 3.63) is 42.1 Å². The number of amides is 2. The number of hydrogen-bond donors (Lipinski definition) is 3. The van der Waals surface area contributed by atoms with Crippen LogP contribution in [0.5, 0.6) is 17.4 Å². The van der Waals surface area contributed by atoms with Gasteiger partial charge in [-0.25, -0.2) is 9.78 Å². The molecule has 0 bridgehead atoms. The maximum absolute atomic E-state index is 13.4. The molecule has 0 aliphatic rings. The van der Waals surface area contributed by atoms with Crippen LogP contribution < -0.4 is 20.1 Å². The van der Waals surface area contributed by atoms with Crippen molar-refractivity contribution in [2.24, 2.45) is 10.8 Å². The lowest BCUT2D eigenvalue weighted by Crippen LogP contribution is -2.70. The number of hydrogen-bond acceptors (Lipinski definition) is 5. The second-order valence-electron chi connectivity index (χ2n) is 9.75. The van der Waals surface area contributed by atoms with E-state index in [9.17, 15) is 14.7 Å². The quantitative estimate of drug-likeness (QED) is 0.564. The summed E-state index contributed by atoms with van der Waals surface area (Å²) in [5, 5.41) is 14.8. The van der Waals surface area contributed by atoms with Crippen LogP contribution in [0.3, 0.4) is 0 Å². The molecular formula is C24H33N3O5. The van der Waals surface area contributed by atoms with Crippen molar-refractivity contribution in [2.45, 2.75) is 54.0 Å². The van der Waals surface area contributed by atoms with Crippen LogP contribution in [-0.4, -0.2) is 34.7 Å². The Labute approximate surface area is 189 Å². The third-order valence-corrected chi connectivity index (χ3v) is 5.48. The van der Waals surface area contributed by atoms with Gasteiger partial charge in [-0.2, -0.15) is 0 Å². The number of anilines is 1. The minimum atomic E-state index is -1.40. The van der Waals surface area contributed by atoms with Crippen molar-refractivity contribution in [1.82, 2.24) is 10.3 Å². The lowest BCUT2D eigenvalue weighted by molar-refractivity contribution is -0.133. The number of aryl methyl sites for hydroxylation is 1. The molecule has 0 aliphatic heterocycles. The maximum Gasteiger partial charge on any atom is 0.405 e. The fourth-order valence-corrected chi connectivity index (χ4v) is 4.12. The minimum absolute atomic E-state index is 0.343. The number of nitrogens with zero attached hydrogens (tertiary/aromatic N) is 1. The molecule has 0 spiro atoms. The first-order valence-corrected chi connectivity index (χ1v) is 10.3. The largest absolute Gasteiger partial charge is 0.496 e. The Hall–Kier alpha value is -3.29. The standard InChI is InChI=1S/C24H33N3O5/c1-15-9-11-17(13-18(15)31-8)32-19-12-10-16(14-25-19)26-20(28)24(22(2,3)4,23(5,6)7)27-21(29)30/h9-14,27H,1-8H3,(H,26,28)(H,29,30). The van der Waals surface area contributed by atoms with Crippen LogP contribution in [0.4, 0.5) is 10.5 Å². The van der Waals surface area contributed by atoms with Crippen LogP contribution >= 0.6 is 0 Å². The van der Waals surface area contributed by atoms with E-state index in [0.29, 0.717) is 23.1 Å². The highest BCUT2D eigenvalue weighted by molar-refractivity contribution is 6.01. The summed E-state index contributed by atoms with van der Waals surface area (Å²) >= 11 is 0. The van der Waals surface area contributed by atoms with E-state index >= 15 is 0 Å². The summed E-state index contributed by atoms with van der Waals surface area (Å²) in [5.74, 6) is 1.16. The van der Waals surface area contributed by atoms with E-state index in [1.807, 2.05) is 60.6 Å². The monoisotopic (exact) mass is 443 g/mol. The van der Waals surface area contributed by atoms with E-state index in [0.717, 1.165) is 5.56 Å². The highest BCUT2D eigenvalue weighted by Crippen LogP contribution is 2.45. The number of carboxylic acid groups (broad SMARTS) is 1. The molecule has 0 saturated heterocycles. The molecule has 0 fully saturated rings. The van der Waals surface area contributed by atoms with E-state index in [1.165, 1.54) is 6.20 Å². The van der Waals surface area contributed by atoms with Crippen molar-refractivity contribution in [1.29, 1.82) is 0 Å². The normalized spacial score (nSPS) is 12.1. The van der Waals surface area contributed by atoms with Crippen LogP contribution in [0, 0.1) is 17.8 Å². The molecule has 8 heteroatoms. The second kappa shape index (κ2) is 9.06. The molecule has 174 valence electrons. The van der Waals surface area contributed by atoms with Crippen molar-refractivity contribution in [2.75, 3.05) is 12.4 Å². The SMILES string of the molecule is COc1cc(Oc2ccc(NC(=O)C(NC(=O)O)(C(C)(C)C)C(C)(C)C)cn2)ccc1C. The molecule has 3 N–H and O–H groups in total. The van der Waals surface area contributed by atoms with Crippen molar-refractivity contribution in [3.63, 3.8) is 0 Å². The van der Waals surface area contributed by atoms with E-state index in [2.05, 4.69) is 15.6 Å². The Morgan fingerprint density at radius 2 is 1.62 bits per heavy atom. The fraction of sp³-hybridized carbons (Fsp3) is 0.458. The number of aromatic nitrogens is 1. The third kappa shape index (κ3) is 5.12. The van der Waals surface area contributed by atoms with Gasteiger partial charge in [-0.05, 0) is 35.4 Å². The average Bonchev–Trinajstić information content (AvgIpc) is 2.66. The summed E-state index contributed by atoms with van der Waals surface area (Å²) in [4.78, 5) is 29.3. The number of nitrogens with one attached hydrogen (secondary N) is 2. The molecule has 0 unspecified atom stereocenters. The van der Waals surface area contributed by atoms with Crippen molar-refractivity contribution < 1.29 is 24.2 Å². The molecule has 2 amide bonds. The molecule has 1 aromatic heterocycles. The topological polar surface area (TPSA) is 110 Å². The summed E-state index contributed by atoms with van der Waals surface area (Å²) < 4.78 is 11.1. The zero-order valence-corrected chi connectivity index (χ0v) is 20.0. The zero-order valence-electron chi connectivity index (χ0n) is 20.0. The predicted octanol–water partition coefficient (Wildman–Crippen LogP) is 5.23. The van der Waals surface area contributed by atoms with Gasteiger partial charge in [-0.1, -0.05) is 47.6 Å². The number of pyridine rings is 1. The number of rotatable bonds is 6. The third-order valence-electron chi connectivity index (χ3n) is 5.48. The molecule has 0 radical (unpaired) electrons. The van der Waals surface area contributed by atoms with Crippen LogP contribution in [0.2, 0.25) is 0 Å². The molecule has 0 saturated carbocycles. The van der Waals surface area contributed by atoms with E-state index in [-0.39, 0.29) is 0 Å². The van der Waals surface area contributed by atoms with Gasteiger partial charge in [-0.15, -0.1) is 0 Å². The second-order valence-corrected chi connectivity index (χ2v) is 9.75. The molecule has 2 rings (SSSR count). The minimum Gasteiger partial charge on any atom is -0.496 e. The highest BCUT2D eigenvalue weighted by Gasteiger charge is 2.57. The van der Waals surface area contributed by atoms with Crippen LogP contribution in [0.25, 0.3) is 0 Å². The van der Waals surface area contributed by atoms with Crippen LogP contribution in [0.15, 0.2) is 36.5 Å². The summed E-state index contributed by atoms with van der Waals surface area (Å²) in [5.41, 5.74) is -1.42. The van der Waals surface area contributed by atoms with Gasteiger partial charge in [0.25, 0.3) is 5.91 Å². The number of benzene rings is 1. The van der Waals surface area contributed by atoms with Gasteiger partial charge in [0.2, 0.25) is 5.88 Å². The number of methoxy groups -OCH3 is 1. The smallest absolute Gasteiger partial charge is 0.405 e. The average molecular weight is 444 g/mol. The lowest BCUT2D eigenvalue weighted by Gasteiger charge is -2.51. The first kappa shape index (κ1) is 25.0. The van der Waals surface area contributed by atoms with E-state index < -0.39 is 28.4 Å². The van der Waals surface area contributed by atoms with Crippen LogP contribution in [0.1, 0.15) is 47.1 Å². The van der Waals surface area contributed by atoms with Gasteiger partial charge in [0, 0.05) is 12.1 Å². The fourth-order valence-electron chi connectivity index (χ4n) is 4.12. The molecular weight excluding hydrogens is 410 g/mol. The Morgan fingerprint density at radius 1 is 1.00 bits per heavy atom. The molecule has 1 aromatic carbocycles. The Balaban J connectivity index is 2.27. The maximum atomic E-state index is 13.4. The van der Waals surface area contributed by atoms with Gasteiger partial charge in [0.05, 0.1) is 19.0 Å². The van der Waals surface area contributed by atoms with E-state index in [4.69, 9.17) is 9.47 Å². The first-order chi connectivity index (χ1) is 14.7. The number of carbonyl (C=O) groups excluding carboxylic acids is 1. The van der Waals surface area contributed by atoms with Crippen LogP contribution in [-0.2, 0) is 4.79 Å². The summed E-state index contributed by atoms with van der Waals surface area (Å²) in [6.07, 6.45) is 0.204. The highest BCUT2D eigenvalue weighted by atomic mass is 16.5. The number of ether oxygens (including phenoxy) is 2. The van der Waals surface area contributed by atoms with Gasteiger partial charge < -0.3 is 25.2 Å². The molecule has 32 heavy (non-hydrogen) atoms. The molecule has 2 aromatic rings. The Kier molecular flexibility index (Phi) is 7.07. The predicted molar refractivity (Wildman–Crippen MR) is 123 cm³/mol. The summed E-state index contributed by atoms with van der Waals surface area (Å²) in [6, 6.07) is 8.75. The summed E-state index contributed by atoms with van der Waals surface area (Å²) in [7, 11) is 1.59. The lowest BCUT2D eigenvalue weighted by atomic mass is 9.59. The number of carbonyl (C=O) groups is 2. The summed E-state index contributed by atoms with van der Waals surface area (Å²) in [6.45, 7) is 12.9. The van der Waals surface area contributed by atoms with Gasteiger partial charge >= 0.3 is 6.09 Å². The van der Waals surface area contributed by atoms with Crippen molar-refractivity contribution in [3.8, 4) is 17.4 Å². The van der Waals surface area contributed by atoms with Gasteiger partial charge in [-0.3, -0.25) is 4.79 Å². The van der Waals surface area contributed by atoms with Crippen molar-refractivity contribution >= 4 is 17.7 Å². The first-order valence-electron chi connectivity index (χ1n) is 10.3. The molecule has 1 heterocycles. The van der Waals surface area contributed by atoms with E-state index in [1.54, 1.807) is 25.3 Å². The molecule has 8 nitrogen and oxygen atoms in total. The molecule has 0 atom stereocenters.